The van der Waals surface area contributed by atoms with Crippen molar-refractivity contribution in [1.82, 2.24) is 9.97 Å². The van der Waals surface area contributed by atoms with Crippen LogP contribution in [0.5, 0.6) is 0 Å². The van der Waals surface area contributed by atoms with Gasteiger partial charge < -0.3 is 5.32 Å². The Morgan fingerprint density at radius 3 is 2.95 bits per heavy atom. The number of hydrogen-bond acceptors (Lipinski definition) is 7. The largest absolute Gasteiger partial charge is 0.368 e. The molecule has 4 N–H and O–H groups in total. The van der Waals surface area contributed by atoms with Crippen LogP contribution in [-0.4, -0.2) is 27.0 Å². The molecule has 1 atom stereocenters. The average molecular weight is 323 g/mol. The fourth-order valence-corrected chi connectivity index (χ4v) is 4.80. The molecule has 1 aliphatic rings. The number of nitrogens with two attached hydrogens (primary N) is 1. The second kappa shape index (κ2) is 5.98. The molecule has 0 bridgehead atoms. The van der Waals surface area contributed by atoms with Crippen LogP contribution in [0.4, 0.5) is 11.8 Å². The van der Waals surface area contributed by atoms with E-state index in [1.807, 2.05) is 11.8 Å². The molecule has 0 amide bonds. The lowest BCUT2D eigenvalue weighted by Gasteiger charge is -2.23. The molecule has 1 saturated heterocycles. The molecule has 0 saturated carbocycles. The van der Waals surface area contributed by atoms with Gasteiger partial charge in [0.1, 0.15) is 10.6 Å². The molecule has 2 aromatic rings. The molecule has 0 aliphatic carbocycles. The summed E-state index contributed by atoms with van der Waals surface area (Å²) in [5.74, 6) is 8.10. The molecule has 3 heterocycles. The van der Waals surface area contributed by atoms with Crippen molar-refractivity contribution in [2.75, 3.05) is 23.0 Å². The minimum Gasteiger partial charge on any atom is -0.368 e. The third-order valence-corrected chi connectivity index (χ3v) is 6.56. The number of thiophene rings is 1. The van der Waals surface area contributed by atoms with Gasteiger partial charge in [-0.1, -0.05) is 6.92 Å². The van der Waals surface area contributed by atoms with E-state index in [0.717, 1.165) is 29.0 Å². The highest BCUT2D eigenvalue weighted by molar-refractivity contribution is 8.00. The van der Waals surface area contributed by atoms with Gasteiger partial charge in [-0.2, -0.15) is 16.7 Å². The maximum absolute atomic E-state index is 5.49. The zero-order chi connectivity index (χ0) is 14.9. The van der Waals surface area contributed by atoms with Crippen molar-refractivity contribution >= 4 is 45.1 Å². The molecule has 3 rings (SSSR count). The first kappa shape index (κ1) is 14.9. The Labute approximate surface area is 133 Å². The summed E-state index contributed by atoms with van der Waals surface area (Å²) in [4.78, 5) is 11.2. The van der Waals surface area contributed by atoms with E-state index in [4.69, 9.17) is 5.84 Å². The highest BCUT2D eigenvalue weighted by Crippen LogP contribution is 2.38. The Morgan fingerprint density at radius 1 is 1.43 bits per heavy atom. The fourth-order valence-electron chi connectivity index (χ4n) is 2.59. The molecule has 1 aliphatic heterocycles. The number of rotatable bonds is 5. The molecule has 0 spiro atoms. The third kappa shape index (κ3) is 3.09. The van der Waals surface area contributed by atoms with Gasteiger partial charge >= 0.3 is 0 Å². The Bertz CT molecular complexity index is 634. The number of anilines is 2. The van der Waals surface area contributed by atoms with Gasteiger partial charge in [0.05, 0.1) is 5.39 Å². The Kier molecular flexibility index (Phi) is 4.24. The van der Waals surface area contributed by atoms with Gasteiger partial charge in [-0.15, -0.1) is 11.3 Å². The van der Waals surface area contributed by atoms with Crippen LogP contribution in [-0.2, 0) is 6.42 Å². The maximum Gasteiger partial charge on any atom is 0.240 e. The number of thioether (sulfide) groups is 1. The molecule has 1 unspecified atom stereocenters. The number of fused-ring (bicyclic) bond motifs is 1. The van der Waals surface area contributed by atoms with Gasteiger partial charge in [-0.25, -0.2) is 10.8 Å². The summed E-state index contributed by atoms with van der Waals surface area (Å²) in [6, 6.07) is 2.19. The normalized spacial score (nSPS) is 21.9. The van der Waals surface area contributed by atoms with E-state index in [2.05, 4.69) is 40.6 Å². The Balaban J connectivity index is 1.90. The first-order valence-electron chi connectivity index (χ1n) is 7.28. The quantitative estimate of drug-likeness (QED) is 0.579. The summed E-state index contributed by atoms with van der Waals surface area (Å²) in [6.07, 6.45) is 3.57. The number of hydrogen-bond donors (Lipinski definition) is 3. The highest BCUT2D eigenvalue weighted by atomic mass is 32.2. The number of aromatic nitrogens is 2. The van der Waals surface area contributed by atoms with E-state index in [1.165, 1.54) is 23.5 Å². The van der Waals surface area contributed by atoms with Crippen molar-refractivity contribution in [2.45, 2.75) is 37.9 Å². The lowest BCUT2D eigenvalue weighted by Crippen LogP contribution is -2.27. The van der Waals surface area contributed by atoms with Crippen molar-refractivity contribution in [3.05, 3.63) is 10.9 Å². The molecule has 114 valence electrons. The van der Waals surface area contributed by atoms with Crippen molar-refractivity contribution in [1.29, 1.82) is 0 Å². The Morgan fingerprint density at radius 2 is 2.29 bits per heavy atom. The number of nitrogens with zero attached hydrogens (tertiary/aromatic N) is 2. The zero-order valence-electron chi connectivity index (χ0n) is 12.4. The number of aryl methyl sites for hydroxylation is 1. The van der Waals surface area contributed by atoms with Crippen LogP contribution in [0.15, 0.2) is 6.07 Å². The smallest absolute Gasteiger partial charge is 0.240 e. The molecular weight excluding hydrogens is 302 g/mol. The van der Waals surface area contributed by atoms with Gasteiger partial charge in [0.25, 0.3) is 0 Å². The predicted molar refractivity (Wildman–Crippen MR) is 93.2 cm³/mol. The number of nitrogen functional groups attached to an aromatic ring is 1. The van der Waals surface area contributed by atoms with Crippen molar-refractivity contribution in [2.24, 2.45) is 5.84 Å². The minimum atomic E-state index is 0.303. The maximum atomic E-state index is 5.49. The Hall–Kier alpha value is -1.05. The van der Waals surface area contributed by atoms with Crippen LogP contribution in [0.25, 0.3) is 10.2 Å². The van der Waals surface area contributed by atoms with Crippen molar-refractivity contribution in [3.63, 3.8) is 0 Å². The first-order chi connectivity index (χ1) is 10.1. The van der Waals surface area contributed by atoms with Crippen LogP contribution < -0.4 is 16.6 Å². The summed E-state index contributed by atoms with van der Waals surface area (Å²) in [7, 11) is 0. The fraction of sp³-hybridized carbons (Fsp3) is 0.571. The second-order valence-electron chi connectivity index (χ2n) is 5.58. The molecule has 7 heteroatoms. The van der Waals surface area contributed by atoms with Gasteiger partial charge in [0, 0.05) is 16.2 Å². The summed E-state index contributed by atoms with van der Waals surface area (Å²) in [5, 5.41) is 4.62. The summed E-state index contributed by atoms with van der Waals surface area (Å²) < 4.78 is 0.303. The molecule has 21 heavy (non-hydrogen) atoms. The van der Waals surface area contributed by atoms with Crippen LogP contribution in [0, 0.1) is 0 Å². The number of nitrogens with one attached hydrogen (secondary N) is 2. The third-order valence-electron chi connectivity index (χ3n) is 3.85. The van der Waals surface area contributed by atoms with Gasteiger partial charge in [0.2, 0.25) is 5.95 Å². The van der Waals surface area contributed by atoms with E-state index in [9.17, 15) is 0 Å². The van der Waals surface area contributed by atoms with Gasteiger partial charge in [-0.3, -0.25) is 5.43 Å². The predicted octanol–water partition coefficient (Wildman–Crippen LogP) is 3.24. The second-order valence-corrected chi connectivity index (χ2v) is 8.38. The molecule has 2 aromatic heterocycles. The summed E-state index contributed by atoms with van der Waals surface area (Å²) in [5.41, 5.74) is 2.56. The lowest BCUT2D eigenvalue weighted by atomic mass is 10.1. The van der Waals surface area contributed by atoms with E-state index in [-0.39, 0.29) is 0 Å². The van der Waals surface area contributed by atoms with Gasteiger partial charge in [0.15, 0.2) is 0 Å². The van der Waals surface area contributed by atoms with Crippen LogP contribution in [0.3, 0.4) is 0 Å². The van der Waals surface area contributed by atoms with Crippen molar-refractivity contribution < 1.29 is 0 Å². The topological polar surface area (TPSA) is 75.9 Å². The highest BCUT2D eigenvalue weighted by Gasteiger charge is 2.29. The minimum absolute atomic E-state index is 0.303. The summed E-state index contributed by atoms with van der Waals surface area (Å²) in [6.45, 7) is 5.40. The monoisotopic (exact) mass is 323 g/mol. The van der Waals surface area contributed by atoms with E-state index in [0.29, 0.717) is 10.7 Å². The molecule has 1 fully saturated rings. The average Bonchev–Trinajstić information content (AvgIpc) is 3.10. The SMILES string of the molecule is CCc1cc2c(NCC3(C)CCCS3)nc(NN)nc2s1. The standard InChI is InChI=1S/C14H21N5S2/c1-3-9-7-10-11(16-8-14(2)5-4-6-20-14)17-13(19-15)18-12(10)21-9/h7H,3-6,8,15H2,1-2H3,(H2,16,17,18,19). The van der Waals surface area contributed by atoms with Gasteiger partial charge in [-0.05, 0) is 38.0 Å². The van der Waals surface area contributed by atoms with Crippen LogP contribution >= 0.6 is 23.1 Å². The van der Waals surface area contributed by atoms with Crippen LogP contribution in [0.2, 0.25) is 0 Å². The van der Waals surface area contributed by atoms with Crippen molar-refractivity contribution in [3.8, 4) is 0 Å². The molecular formula is C14H21N5S2. The molecule has 5 nitrogen and oxygen atoms in total. The zero-order valence-corrected chi connectivity index (χ0v) is 14.0. The molecule has 0 aromatic carbocycles. The summed E-state index contributed by atoms with van der Waals surface area (Å²) >= 11 is 3.75. The van der Waals surface area contributed by atoms with E-state index in [1.54, 1.807) is 11.3 Å². The first-order valence-corrected chi connectivity index (χ1v) is 9.08. The van der Waals surface area contributed by atoms with Crippen LogP contribution in [0.1, 0.15) is 31.6 Å². The number of hydrazine groups is 1. The lowest BCUT2D eigenvalue weighted by molar-refractivity contribution is 0.634. The van der Waals surface area contributed by atoms with E-state index < -0.39 is 0 Å². The molecule has 0 radical (unpaired) electrons. The van der Waals surface area contributed by atoms with E-state index >= 15 is 0 Å².